The van der Waals surface area contributed by atoms with Crippen LogP contribution in [0.2, 0.25) is 0 Å². The standard InChI is InChI=1S/C22H38O4/c1-8-11-15-14-22(18(23)25-20(2,3)4,19(24)26-21(5,6)7)17-13-10-9-12-16(15)17/h15-17H,8-14H2,1-7H3/t15-,16+,17+/m0/s1. The molecule has 26 heavy (non-hydrogen) atoms. The second-order valence-corrected chi connectivity index (χ2v) is 10.3. The van der Waals surface area contributed by atoms with Crippen LogP contribution in [0.15, 0.2) is 0 Å². The first-order chi connectivity index (χ1) is 11.9. The SMILES string of the molecule is CCC[C@H]1CC(C(=O)OC(C)(C)C)(C(=O)OC(C)(C)C)[C@@H]2CCCC[C@H]12. The van der Waals surface area contributed by atoms with Crippen molar-refractivity contribution in [1.82, 2.24) is 0 Å². The average molecular weight is 367 g/mol. The fourth-order valence-corrected chi connectivity index (χ4v) is 5.03. The van der Waals surface area contributed by atoms with E-state index in [9.17, 15) is 9.59 Å². The van der Waals surface area contributed by atoms with Gasteiger partial charge < -0.3 is 9.47 Å². The molecule has 2 rings (SSSR count). The molecule has 3 atom stereocenters. The van der Waals surface area contributed by atoms with Gasteiger partial charge >= 0.3 is 11.9 Å². The van der Waals surface area contributed by atoms with E-state index in [-0.39, 0.29) is 17.9 Å². The lowest BCUT2D eigenvalue weighted by Gasteiger charge is -2.39. The Morgan fingerprint density at radius 2 is 1.42 bits per heavy atom. The Morgan fingerprint density at radius 1 is 0.923 bits per heavy atom. The summed E-state index contributed by atoms with van der Waals surface area (Å²) in [5, 5.41) is 0. The molecule has 2 aliphatic carbocycles. The maximum absolute atomic E-state index is 13.4. The van der Waals surface area contributed by atoms with Crippen LogP contribution in [0.25, 0.3) is 0 Å². The summed E-state index contributed by atoms with van der Waals surface area (Å²) in [4.78, 5) is 26.8. The van der Waals surface area contributed by atoms with E-state index in [0.29, 0.717) is 18.3 Å². The van der Waals surface area contributed by atoms with Crippen LogP contribution in [-0.4, -0.2) is 23.1 Å². The average Bonchev–Trinajstić information content (AvgIpc) is 2.80. The molecule has 2 aliphatic rings. The molecule has 0 spiro atoms. The summed E-state index contributed by atoms with van der Waals surface area (Å²) in [6.07, 6.45) is 7.03. The molecular weight excluding hydrogens is 328 g/mol. The lowest BCUT2D eigenvalue weighted by Crippen LogP contribution is -2.50. The van der Waals surface area contributed by atoms with Crippen LogP contribution in [0.3, 0.4) is 0 Å². The quantitative estimate of drug-likeness (QED) is 0.501. The Kier molecular flexibility index (Phi) is 6.14. The molecule has 0 radical (unpaired) electrons. The van der Waals surface area contributed by atoms with Gasteiger partial charge in [-0.25, -0.2) is 0 Å². The van der Waals surface area contributed by atoms with Crippen LogP contribution >= 0.6 is 0 Å². The zero-order valence-electron chi connectivity index (χ0n) is 17.8. The summed E-state index contributed by atoms with van der Waals surface area (Å²) < 4.78 is 11.6. The number of esters is 2. The predicted octanol–water partition coefficient (Wildman–Crippen LogP) is 5.28. The van der Waals surface area contributed by atoms with E-state index >= 15 is 0 Å². The van der Waals surface area contributed by atoms with Gasteiger partial charge in [-0.1, -0.05) is 32.6 Å². The lowest BCUT2D eigenvalue weighted by molar-refractivity contribution is -0.190. The topological polar surface area (TPSA) is 52.6 Å². The summed E-state index contributed by atoms with van der Waals surface area (Å²) in [7, 11) is 0. The number of rotatable bonds is 4. The Morgan fingerprint density at radius 3 is 1.88 bits per heavy atom. The monoisotopic (exact) mass is 366 g/mol. The maximum atomic E-state index is 13.4. The molecular formula is C22H38O4. The highest BCUT2D eigenvalue weighted by Gasteiger charge is 2.64. The van der Waals surface area contributed by atoms with Crippen LogP contribution < -0.4 is 0 Å². The fraction of sp³-hybridized carbons (Fsp3) is 0.909. The molecule has 0 aliphatic heterocycles. The van der Waals surface area contributed by atoms with E-state index in [1.807, 2.05) is 41.5 Å². The van der Waals surface area contributed by atoms with Gasteiger partial charge in [0.05, 0.1) is 0 Å². The van der Waals surface area contributed by atoms with Crippen LogP contribution in [0.4, 0.5) is 0 Å². The van der Waals surface area contributed by atoms with Crippen molar-refractivity contribution in [2.24, 2.45) is 23.2 Å². The van der Waals surface area contributed by atoms with Crippen molar-refractivity contribution in [3.63, 3.8) is 0 Å². The van der Waals surface area contributed by atoms with E-state index < -0.39 is 16.6 Å². The maximum Gasteiger partial charge on any atom is 0.324 e. The molecule has 0 unspecified atom stereocenters. The van der Waals surface area contributed by atoms with E-state index in [1.54, 1.807) is 0 Å². The van der Waals surface area contributed by atoms with Gasteiger partial charge in [0.15, 0.2) is 5.41 Å². The van der Waals surface area contributed by atoms with Crippen molar-refractivity contribution in [3.05, 3.63) is 0 Å². The van der Waals surface area contributed by atoms with Gasteiger partial charge in [0, 0.05) is 0 Å². The first kappa shape index (κ1) is 21.2. The number of carbonyl (C=O) groups is 2. The van der Waals surface area contributed by atoms with Crippen molar-refractivity contribution in [2.75, 3.05) is 0 Å². The Labute approximate surface area is 159 Å². The third kappa shape index (κ3) is 4.43. The van der Waals surface area contributed by atoms with Gasteiger partial charge in [-0.15, -0.1) is 0 Å². The number of fused-ring (bicyclic) bond motifs is 1. The third-order valence-electron chi connectivity index (χ3n) is 5.83. The highest BCUT2D eigenvalue weighted by atomic mass is 16.6. The van der Waals surface area contributed by atoms with Gasteiger partial charge in [0.1, 0.15) is 11.2 Å². The van der Waals surface area contributed by atoms with Gasteiger partial charge in [0.2, 0.25) is 0 Å². The predicted molar refractivity (Wildman–Crippen MR) is 103 cm³/mol. The molecule has 0 heterocycles. The zero-order chi connectivity index (χ0) is 19.8. The number of carbonyl (C=O) groups excluding carboxylic acids is 2. The van der Waals surface area contributed by atoms with Gasteiger partial charge in [-0.2, -0.15) is 0 Å². The van der Waals surface area contributed by atoms with Crippen molar-refractivity contribution < 1.29 is 19.1 Å². The molecule has 0 aromatic carbocycles. The number of hydrogen-bond donors (Lipinski definition) is 0. The van der Waals surface area contributed by atoms with Crippen LogP contribution in [0.1, 0.15) is 93.4 Å². The minimum Gasteiger partial charge on any atom is -0.459 e. The minimum absolute atomic E-state index is 0.0532. The summed E-state index contributed by atoms with van der Waals surface area (Å²) in [6, 6.07) is 0. The molecule has 0 N–H and O–H groups in total. The molecule has 0 saturated heterocycles. The highest BCUT2D eigenvalue weighted by Crippen LogP contribution is 2.59. The smallest absolute Gasteiger partial charge is 0.324 e. The number of hydrogen-bond acceptors (Lipinski definition) is 4. The highest BCUT2D eigenvalue weighted by molar-refractivity contribution is 6.01. The Balaban J connectivity index is 2.45. The largest absolute Gasteiger partial charge is 0.459 e. The summed E-state index contributed by atoms with van der Waals surface area (Å²) in [6.45, 7) is 13.4. The molecule has 2 saturated carbocycles. The van der Waals surface area contributed by atoms with Crippen molar-refractivity contribution in [1.29, 1.82) is 0 Å². The van der Waals surface area contributed by atoms with Crippen molar-refractivity contribution in [3.8, 4) is 0 Å². The Hall–Kier alpha value is -1.06. The second kappa shape index (κ2) is 7.52. The second-order valence-electron chi connectivity index (χ2n) is 10.3. The van der Waals surface area contributed by atoms with E-state index in [2.05, 4.69) is 6.92 Å². The molecule has 0 amide bonds. The van der Waals surface area contributed by atoms with E-state index in [1.165, 1.54) is 6.42 Å². The first-order valence-electron chi connectivity index (χ1n) is 10.4. The molecule has 0 aromatic rings. The van der Waals surface area contributed by atoms with Crippen LogP contribution in [0.5, 0.6) is 0 Å². The minimum atomic E-state index is -1.13. The van der Waals surface area contributed by atoms with E-state index in [0.717, 1.165) is 32.1 Å². The van der Waals surface area contributed by atoms with E-state index in [4.69, 9.17) is 9.47 Å². The number of ether oxygens (including phenoxy) is 2. The Bertz CT molecular complexity index is 495. The molecule has 2 fully saturated rings. The molecule has 4 heteroatoms. The zero-order valence-corrected chi connectivity index (χ0v) is 17.8. The summed E-state index contributed by atoms with van der Waals surface area (Å²) in [5.41, 5.74) is -2.36. The summed E-state index contributed by atoms with van der Waals surface area (Å²) >= 11 is 0. The van der Waals surface area contributed by atoms with Crippen LogP contribution in [-0.2, 0) is 19.1 Å². The van der Waals surface area contributed by atoms with Gasteiger partial charge in [-0.3, -0.25) is 9.59 Å². The fourth-order valence-electron chi connectivity index (χ4n) is 5.03. The third-order valence-corrected chi connectivity index (χ3v) is 5.83. The molecule has 4 nitrogen and oxygen atoms in total. The molecule has 150 valence electrons. The molecule has 0 aromatic heterocycles. The van der Waals surface area contributed by atoms with Crippen LogP contribution in [0, 0.1) is 23.2 Å². The molecule has 0 bridgehead atoms. The van der Waals surface area contributed by atoms with Crippen molar-refractivity contribution >= 4 is 11.9 Å². The summed E-state index contributed by atoms with van der Waals surface area (Å²) in [5.74, 6) is 0.163. The van der Waals surface area contributed by atoms with Crippen molar-refractivity contribution in [2.45, 2.75) is 105 Å². The first-order valence-corrected chi connectivity index (χ1v) is 10.4. The van der Waals surface area contributed by atoms with Gasteiger partial charge in [-0.05, 0) is 78.6 Å². The van der Waals surface area contributed by atoms with Gasteiger partial charge in [0.25, 0.3) is 0 Å². The lowest BCUT2D eigenvalue weighted by atomic mass is 9.68. The normalized spacial score (nSPS) is 28.3.